The summed E-state index contributed by atoms with van der Waals surface area (Å²) in [5, 5.41) is 0. The van der Waals surface area contributed by atoms with Crippen molar-refractivity contribution < 1.29 is 4.79 Å². The van der Waals surface area contributed by atoms with Gasteiger partial charge in [0.2, 0.25) is 0 Å². The van der Waals surface area contributed by atoms with Gasteiger partial charge in [-0.05, 0) is 45.4 Å². The Morgan fingerprint density at radius 2 is 2.00 bits per heavy atom. The third-order valence-corrected chi connectivity index (χ3v) is 4.92. The number of hydrogen-bond donors (Lipinski definition) is 0. The molecular weight excluding hydrogens is 250 g/mol. The molecular formula is C16H25N3O. The number of carbonyl (C=O) groups is 1. The van der Waals surface area contributed by atoms with Crippen LogP contribution < -0.4 is 0 Å². The summed E-state index contributed by atoms with van der Waals surface area (Å²) in [6, 6.07) is 0.742. The Hall–Kier alpha value is -1.32. The average Bonchev–Trinajstić information content (AvgIpc) is 3.17. The molecule has 1 aromatic heterocycles. The highest BCUT2D eigenvalue weighted by Gasteiger charge is 2.37. The van der Waals surface area contributed by atoms with Gasteiger partial charge in [0, 0.05) is 31.0 Å². The summed E-state index contributed by atoms with van der Waals surface area (Å²) in [5.74, 6) is 1.48. The fourth-order valence-corrected chi connectivity index (χ4v) is 3.90. The molecule has 1 aliphatic carbocycles. The Morgan fingerprint density at radius 3 is 2.70 bits per heavy atom. The summed E-state index contributed by atoms with van der Waals surface area (Å²) in [6.45, 7) is 5.10. The lowest BCUT2D eigenvalue weighted by molar-refractivity contribution is 0.0670. The fraction of sp³-hybridized carbons (Fsp3) is 0.750. The molecule has 1 amide bonds. The third-order valence-electron chi connectivity index (χ3n) is 4.92. The van der Waals surface area contributed by atoms with Crippen molar-refractivity contribution in [1.29, 1.82) is 0 Å². The maximum atomic E-state index is 12.8. The van der Waals surface area contributed by atoms with E-state index < -0.39 is 0 Å². The molecule has 1 saturated heterocycles. The van der Waals surface area contributed by atoms with Crippen molar-refractivity contribution >= 4 is 5.91 Å². The Morgan fingerprint density at radius 1 is 1.25 bits per heavy atom. The van der Waals surface area contributed by atoms with Gasteiger partial charge in [-0.3, -0.25) is 4.79 Å². The van der Waals surface area contributed by atoms with E-state index in [9.17, 15) is 4.79 Å². The van der Waals surface area contributed by atoms with Crippen LogP contribution in [0.4, 0.5) is 0 Å². The van der Waals surface area contributed by atoms with Crippen LogP contribution in [-0.4, -0.2) is 32.9 Å². The monoisotopic (exact) mass is 275 g/mol. The van der Waals surface area contributed by atoms with E-state index in [0.717, 1.165) is 18.9 Å². The molecule has 1 unspecified atom stereocenters. The van der Waals surface area contributed by atoms with Crippen LogP contribution in [-0.2, 0) is 0 Å². The van der Waals surface area contributed by atoms with Crippen LogP contribution in [0.5, 0.6) is 0 Å². The zero-order valence-electron chi connectivity index (χ0n) is 12.6. The number of rotatable bonds is 3. The molecule has 0 bridgehead atoms. The minimum Gasteiger partial charge on any atom is -0.333 e. The lowest BCUT2D eigenvalue weighted by Crippen LogP contribution is -2.40. The van der Waals surface area contributed by atoms with Crippen LogP contribution >= 0.6 is 0 Å². The lowest BCUT2D eigenvalue weighted by Gasteiger charge is -2.29. The molecule has 3 rings (SSSR count). The largest absolute Gasteiger partial charge is 0.333 e. The molecule has 110 valence electrons. The predicted octanol–water partition coefficient (Wildman–Crippen LogP) is 3.26. The Bertz CT molecular complexity index is 474. The van der Waals surface area contributed by atoms with Crippen molar-refractivity contribution in [2.24, 2.45) is 5.92 Å². The lowest BCUT2D eigenvalue weighted by atomic mass is 9.96. The quantitative estimate of drug-likeness (QED) is 0.849. The first-order valence-corrected chi connectivity index (χ1v) is 8.02. The molecule has 2 aliphatic rings. The SMILES string of the molecule is CC(C)n1ccnc1C(=O)N1CCCC1C1CCCC1. The molecule has 0 spiro atoms. The molecule has 4 nitrogen and oxygen atoms in total. The smallest absolute Gasteiger partial charge is 0.290 e. The van der Waals surface area contributed by atoms with Crippen molar-refractivity contribution in [3.8, 4) is 0 Å². The van der Waals surface area contributed by atoms with E-state index in [4.69, 9.17) is 0 Å². The molecule has 4 heteroatoms. The van der Waals surface area contributed by atoms with Gasteiger partial charge in [0.1, 0.15) is 0 Å². The van der Waals surface area contributed by atoms with Crippen LogP contribution in [0, 0.1) is 5.92 Å². The number of likely N-dealkylation sites (tertiary alicyclic amines) is 1. The van der Waals surface area contributed by atoms with Gasteiger partial charge in [-0.15, -0.1) is 0 Å². The second kappa shape index (κ2) is 5.58. The molecule has 0 aromatic carbocycles. The average molecular weight is 275 g/mol. The minimum atomic E-state index is 0.137. The normalized spacial score (nSPS) is 23.9. The van der Waals surface area contributed by atoms with Gasteiger partial charge in [0.05, 0.1) is 0 Å². The van der Waals surface area contributed by atoms with Crippen LogP contribution in [0.1, 0.15) is 69.0 Å². The molecule has 0 radical (unpaired) electrons. The number of nitrogens with zero attached hydrogens (tertiary/aromatic N) is 3. The van der Waals surface area contributed by atoms with E-state index >= 15 is 0 Å². The fourth-order valence-electron chi connectivity index (χ4n) is 3.90. The van der Waals surface area contributed by atoms with Crippen molar-refractivity contribution in [2.75, 3.05) is 6.54 Å². The first-order chi connectivity index (χ1) is 9.68. The van der Waals surface area contributed by atoms with Gasteiger partial charge < -0.3 is 9.47 Å². The molecule has 1 atom stereocenters. The van der Waals surface area contributed by atoms with Gasteiger partial charge in [-0.25, -0.2) is 4.98 Å². The van der Waals surface area contributed by atoms with Crippen molar-refractivity contribution in [2.45, 2.75) is 64.5 Å². The van der Waals surface area contributed by atoms with Crippen LogP contribution in [0.3, 0.4) is 0 Å². The maximum absolute atomic E-state index is 12.8. The second-order valence-corrected chi connectivity index (χ2v) is 6.50. The van der Waals surface area contributed by atoms with Gasteiger partial charge >= 0.3 is 0 Å². The van der Waals surface area contributed by atoms with E-state index in [-0.39, 0.29) is 11.9 Å². The van der Waals surface area contributed by atoms with Crippen molar-refractivity contribution in [1.82, 2.24) is 14.5 Å². The van der Waals surface area contributed by atoms with E-state index in [1.807, 2.05) is 10.8 Å². The highest BCUT2D eigenvalue weighted by Crippen LogP contribution is 2.36. The summed E-state index contributed by atoms with van der Waals surface area (Å²) in [5.41, 5.74) is 0. The molecule has 20 heavy (non-hydrogen) atoms. The highest BCUT2D eigenvalue weighted by molar-refractivity contribution is 5.91. The number of amides is 1. The van der Waals surface area contributed by atoms with E-state index in [1.165, 1.54) is 32.1 Å². The summed E-state index contributed by atoms with van der Waals surface area (Å²) < 4.78 is 1.99. The number of imidazole rings is 1. The first-order valence-electron chi connectivity index (χ1n) is 8.02. The van der Waals surface area contributed by atoms with Gasteiger partial charge in [0.25, 0.3) is 5.91 Å². The topological polar surface area (TPSA) is 38.1 Å². The van der Waals surface area contributed by atoms with Crippen LogP contribution in [0.2, 0.25) is 0 Å². The van der Waals surface area contributed by atoms with Gasteiger partial charge in [0.15, 0.2) is 5.82 Å². The Kier molecular flexibility index (Phi) is 3.81. The summed E-state index contributed by atoms with van der Waals surface area (Å²) >= 11 is 0. The highest BCUT2D eigenvalue weighted by atomic mass is 16.2. The molecule has 1 aromatic rings. The van der Waals surface area contributed by atoms with Crippen molar-refractivity contribution in [3.63, 3.8) is 0 Å². The zero-order chi connectivity index (χ0) is 14.1. The summed E-state index contributed by atoms with van der Waals surface area (Å²) in [4.78, 5) is 19.3. The molecule has 1 aliphatic heterocycles. The molecule has 0 N–H and O–H groups in total. The van der Waals surface area contributed by atoms with Gasteiger partial charge in [-0.1, -0.05) is 12.8 Å². The molecule has 1 saturated carbocycles. The summed E-state index contributed by atoms with van der Waals surface area (Å²) in [7, 11) is 0. The van der Waals surface area contributed by atoms with E-state index in [2.05, 4.69) is 23.7 Å². The third kappa shape index (κ3) is 2.36. The maximum Gasteiger partial charge on any atom is 0.290 e. The number of hydrogen-bond acceptors (Lipinski definition) is 2. The number of carbonyl (C=O) groups excluding carboxylic acids is 1. The second-order valence-electron chi connectivity index (χ2n) is 6.50. The first kappa shape index (κ1) is 13.7. The van der Waals surface area contributed by atoms with Gasteiger partial charge in [-0.2, -0.15) is 0 Å². The zero-order valence-corrected chi connectivity index (χ0v) is 12.6. The van der Waals surface area contributed by atoms with Crippen LogP contribution in [0.15, 0.2) is 12.4 Å². The number of aromatic nitrogens is 2. The molecule has 2 fully saturated rings. The van der Waals surface area contributed by atoms with Crippen LogP contribution in [0.25, 0.3) is 0 Å². The standard InChI is InChI=1S/C16H25N3O/c1-12(2)18-11-9-17-15(18)16(20)19-10-5-8-14(19)13-6-3-4-7-13/h9,11-14H,3-8,10H2,1-2H3. The predicted molar refractivity (Wildman–Crippen MR) is 78.6 cm³/mol. The van der Waals surface area contributed by atoms with E-state index in [1.54, 1.807) is 6.20 Å². The van der Waals surface area contributed by atoms with E-state index in [0.29, 0.717) is 11.9 Å². The molecule has 2 heterocycles. The Balaban J connectivity index is 1.80. The Labute approximate surface area is 121 Å². The van der Waals surface area contributed by atoms with Crippen molar-refractivity contribution in [3.05, 3.63) is 18.2 Å². The minimum absolute atomic E-state index is 0.137. The summed E-state index contributed by atoms with van der Waals surface area (Å²) in [6.07, 6.45) is 11.3.